The molecule has 3 nitrogen and oxygen atoms in total. The van der Waals surface area contributed by atoms with Gasteiger partial charge < -0.3 is 5.32 Å². The third kappa shape index (κ3) is 5.25. The standard InChI is InChI=1S/C22H26Cl2N2O/c1-15(2)18-7-3-4-8-21(18)25-22(27)17-6-5-11-26(14-17)13-16-9-10-19(23)20(24)12-16/h3-4,7-10,12,15,17H,5-6,11,13-14H2,1-2H3,(H,25,27). The monoisotopic (exact) mass is 404 g/mol. The van der Waals surface area contributed by atoms with Crippen LogP contribution >= 0.6 is 23.2 Å². The number of piperidine rings is 1. The lowest BCUT2D eigenvalue weighted by atomic mass is 9.95. The number of nitrogens with one attached hydrogen (secondary N) is 1. The number of hydrogen-bond acceptors (Lipinski definition) is 2. The number of hydrogen-bond donors (Lipinski definition) is 1. The van der Waals surface area contributed by atoms with E-state index in [1.165, 1.54) is 5.56 Å². The highest BCUT2D eigenvalue weighted by Gasteiger charge is 2.26. The molecular weight excluding hydrogens is 379 g/mol. The van der Waals surface area contributed by atoms with Gasteiger partial charge in [-0.3, -0.25) is 9.69 Å². The molecule has 144 valence electrons. The van der Waals surface area contributed by atoms with Crippen molar-refractivity contribution in [2.45, 2.75) is 39.2 Å². The van der Waals surface area contributed by atoms with E-state index in [9.17, 15) is 4.79 Å². The maximum atomic E-state index is 12.9. The number of anilines is 1. The van der Waals surface area contributed by atoms with E-state index in [0.29, 0.717) is 16.0 Å². The second-order valence-electron chi connectivity index (χ2n) is 7.55. The Bertz CT molecular complexity index is 807. The normalized spacial score (nSPS) is 17.9. The lowest BCUT2D eigenvalue weighted by Crippen LogP contribution is -2.40. The molecule has 0 spiro atoms. The van der Waals surface area contributed by atoms with Gasteiger partial charge in [0.1, 0.15) is 0 Å². The topological polar surface area (TPSA) is 32.3 Å². The smallest absolute Gasteiger partial charge is 0.228 e. The molecule has 1 heterocycles. The SMILES string of the molecule is CC(C)c1ccccc1NC(=O)C1CCCN(Cc2ccc(Cl)c(Cl)c2)C1. The summed E-state index contributed by atoms with van der Waals surface area (Å²) in [6.45, 7) is 6.82. The van der Waals surface area contributed by atoms with Crippen molar-refractivity contribution in [2.24, 2.45) is 5.92 Å². The highest BCUT2D eigenvalue weighted by molar-refractivity contribution is 6.42. The van der Waals surface area contributed by atoms with Gasteiger partial charge in [0, 0.05) is 18.8 Å². The highest BCUT2D eigenvalue weighted by Crippen LogP contribution is 2.27. The molecular formula is C22H26Cl2N2O. The Kier molecular flexibility index (Phi) is 6.80. The summed E-state index contributed by atoms with van der Waals surface area (Å²) in [4.78, 5) is 15.2. The van der Waals surface area contributed by atoms with Crippen LogP contribution in [0.25, 0.3) is 0 Å². The van der Waals surface area contributed by atoms with Gasteiger partial charge in [0.25, 0.3) is 0 Å². The predicted molar refractivity (Wildman–Crippen MR) is 114 cm³/mol. The van der Waals surface area contributed by atoms with Crippen LogP contribution < -0.4 is 5.32 Å². The zero-order valence-electron chi connectivity index (χ0n) is 15.8. The van der Waals surface area contributed by atoms with Crippen LogP contribution in [0.15, 0.2) is 42.5 Å². The molecule has 1 atom stereocenters. The van der Waals surface area contributed by atoms with Crippen LogP contribution in [-0.2, 0) is 11.3 Å². The molecule has 1 saturated heterocycles. The number of halogens is 2. The van der Waals surface area contributed by atoms with Crippen LogP contribution in [0, 0.1) is 5.92 Å². The Morgan fingerprint density at radius 3 is 2.70 bits per heavy atom. The lowest BCUT2D eigenvalue weighted by molar-refractivity contribution is -0.121. The third-order valence-corrected chi connectivity index (χ3v) is 5.85. The number of para-hydroxylation sites is 1. The first-order valence-electron chi connectivity index (χ1n) is 9.50. The molecule has 1 aliphatic rings. The van der Waals surface area contributed by atoms with Crippen molar-refractivity contribution in [1.82, 2.24) is 4.90 Å². The minimum atomic E-state index is 0.00161. The van der Waals surface area contributed by atoms with Gasteiger partial charge in [-0.2, -0.15) is 0 Å². The van der Waals surface area contributed by atoms with E-state index in [-0.39, 0.29) is 11.8 Å². The van der Waals surface area contributed by atoms with Crippen molar-refractivity contribution in [3.8, 4) is 0 Å². The second-order valence-corrected chi connectivity index (χ2v) is 8.37. The fourth-order valence-corrected chi connectivity index (χ4v) is 3.98. The van der Waals surface area contributed by atoms with Gasteiger partial charge in [0.15, 0.2) is 0 Å². The molecule has 2 aromatic carbocycles. The van der Waals surface area contributed by atoms with Crippen molar-refractivity contribution in [1.29, 1.82) is 0 Å². The quantitative estimate of drug-likeness (QED) is 0.665. The molecule has 0 aromatic heterocycles. The number of carbonyl (C=O) groups excluding carboxylic acids is 1. The van der Waals surface area contributed by atoms with Gasteiger partial charge in [0.05, 0.1) is 16.0 Å². The molecule has 27 heavy (non-hydrogen) atoms. The largest absolute Gasteiger partial charge is 0.326 e. The molecule has 0 aliphatic carbocycles. The summed E-state index contributed by atoms with van der Waals surface area (Å²) in [7, 11) is 0. The van der Waals surface area contributed by atoms with Crippen molar-refractivity contribution in [3.63, 3.8) is 0 Å². The number of benzene rings is 2. The van der Waals surface area contributed by atoms with Gasteiger partial charge in [-0.05, 0) is 54.6 Å². The maximum absolute atomic E-state index is 12.9. The van der Waals surface area contributed by atoms with Crippen LogP contribution in [0.4, 0.5) is 5.69 Å². The highest BCUT2D eigenvalue weighted by atomic mass is 35.5. The van der Waals surface area contributed by atoms with E-state index < -0.39 is 0 Å². The molecule has 2 aromatic rings. The van der Waals surface area contributed by atoms with Crippen LogP contribution in [0.2, 0.25) is 10.0 Å². The van der Waals surface area contributed by atoms with Crippen molar-refractivity contribution in [3.05, 3.63) is 63.6 Å². The lowest BCUT2D eigenvalue weighted by Gasteiger charge is -2.32. The van der Waals surface area contributed by atoms with Crippen LogP contribution in [-0.4, -0.2) is 23.9 Å². The Morgan fingerprint density at radius 2 is 1.96 bits per heavy atom. The third-order valence-electron chi connectivity index (χ3n) is 5.11. The van der Waals surface area contributed by atoms with Crippen molar-refractivity contribution in [2.75, 3.05) is 18.4 Å². The molecule has 5 heteroatoms. The van der Waals surface area contributed by atoms with Crippen LogP contribution in [0.1, 0.15) is 43.7 Å². The molecule has 0 radical (unpaired) electrons. The van der Waals surface area contributed by atoms with Gasteiger partial charge in [-0.25, -0.2) is 0 Å². The molecule has 0 saturated carbocycles. The average Bonchev–Trinajstić information content (AvgIpc) is 2.65. The predicted octanol–water partition coefficient (Wildman–Crippen LogP) is 5.97. The molecule has 1 N–H and O–H groups in total. The van der Waals surface area contributed by atoms with Crippen LogP contribution in [0.5, 0.6) is 0 Å². The van der Waals surface area contributed by atoms with Gasteiger partial charge in [-0.15, -0.1) is 0 Å². The van der Waals surface area contributed by atoms with Crippen molar-refractivity contribution >= 4 is 34.8 Å². The van der Waals surface area contributed by atoms with E-state index in [1.54, 1.807) is 0 Å². The summed E-state index contributed by atoms with van der Waals surface area (Å²) in [5, 5.41) is 4.30. The van der Waals surface area contributed by atoms with Crippen molar-refractivity contribution < 1.29 is 4.79 Å². The zero-order chi connectivity index (χ0) is 19.4. The zero-order valence-corrected chi connectivity index (χ0v) is 17.4. The molecule has 3 rings (SSSR count). The molecule has 1 amide bonds. The van der Waals surface area contributed by atoms with Gasteiger partial charge in [-0.1, -0.05) is 61.3 Å². The Hall–Kier alpha value is -1.55. The number of likely N-dealkylation sites (tertiary alicyclic amines) is 1. The first kappa shape index (κ1) is 20.2. The average molecular weight is 405 g/mol. The number of nitrogens with zero attached hydrogens (tertiary/aromatic N) is 1. The summed E-state index contributed by atoms with van der Waals surface area (Å²) in [5.41, 5.74) is 3.23. The van der Waals surface area contributed by atoms with E-state index in [2.05, 4.69) is 30.1 Å². The fourth-order valence-electron chi connectivity index (χ4n) is 3.66. The second kappa shape index (κ2) is 9.09. The molecule has 1 unspecified atom stereocenters. The van der Waals surface area contributed by atoms with Crippen LogP contribution in [0.3, 0.4) is 0 Å². The Morgan fingerprint density at radius 1 is 1.19 bits per heavy atom. The fraction of sp³-hybridized carbons (Fsp3) is 0.409. The molecule has 1 aliphatic heterocycles. The summed E-state index contributed by atoms with van der Waals surface area (Å²) in [6.07, 6.45) is 1.94. The van der Waals surface area contributed by atoms with Gasteiger partial charge in [0.2, 0.25) is 5.91 Å². The Balaban J connectivity index is 1.63. The minimum Gasteiger partial charge on any atom is -0.326 e. The first-order chi connectivity index (χ1) is 12.9. The minimum absolute atomic E-state index is 0.00161. The summed E-state index contributed by atoms with van der Waals surface area (Å²) in [6, 6.07) is 13.8. The number of carbonyl (C=O) groups is 1. The first-order valence-corrected chi connectivity index (χ1v) is 10.3. The number of amides is 1. The van der Waals surface area contributed by atoms with E-state index >= 15 is 0 Å². The van der Waals surface area contributed by atoms with Gasteiger partial charge >= 0.3 is 0 Å². The number of rotatable bonds is 5. The van der Waals surface area contributed by atoms with E-state index in [0.717, 1.165) is 43.7 Å². The Labute approximate surface area is 171 Å². The summed E-state index contributed by atoms with van der Waals surface area (Å²) >= 11 is 12.1. The van der Waals surface area contributed by atoms with E-state index in [1.807, 2.05) is 36.4 Å². The molecule has 0 bridgehead atoms. The molecule has 1 fully saturated rings. The summed E-state index contributed by atoms with van der Waals surface area (Å²) < 4.78 is 0. The maximum Gasteiger partial charge on any atom is 0.228 e. The van der Waals surface area contributed by atoms with E-state index in [4.69, 9.17) is 23.2 Å². The summed E-state index contributed by atoms with van der Waals surface area (Å²) in [5.74, 6) is 0.489.